The molecule has 2 aliphatic heterocycles. The first-order valence-electron chi connectivity index (χ1n) is 18.0. The third-order valence-corrected chi connectivity index (χ3v) is 13.1. The molecule has 1 atom stereocenters. The Labute approximate surface area is 301 Å². The molecule has 236 valence electrons. The first-order valence-corrected chi connectivity index (χ1v) is 18.8. The van der Waals surface area contributed by atoms with Gasteiger partial charge in [0.2, 0.25) is 0 Å². The molecule has 0 N–H and O–H groups in total. The zero-order valence-corrected chi connectivity index (χ0v) is 28.6. The molecule has 0 bridgehead atoms. The molecule has 0 radical (unpaired) electrons. The summed E-state index contributed by atoms with van der Waals surface area (Å²) >= 11 is 1.97. The minimum Gasteiger partial charge on any atom is -0.376 e. The van der Waals surface area contributed by atoms with Crippen molar-refractivity contribution < 1.29 is 0 Å². The largest absolute Gasteiger partial charge is 0.376 e. The van der Waals surface area contributed by atoms with Gasteiger partial charge in [-0.25, -0.2) is 0 Å². The van der Waals surface area contributed by atoms with E-state index in [2.05, 4.69) is 169 Å². The molecule has 1 aromatic heterocycles. The molecule has 8 aromatic carbocycles. The lowest BCUT2D eigenvalue weighted by molar-refractivity contribution is 0.808. The average molecular weight is 664 g/mol. The summed E-state index contributed by atoms with van der Waals surface area (Å²) in [4.78, 5) is 4.15. The molecular weight excluding hydrogens is 633 g/mol. The molecule has 0 spiro atoms. The van der Waals surface area contributed by atoms with Gasteiger partial charge in [-0.05, 0) is 96.0 Å². The zero-order chi connectivity index (χ0) is 33.2. The van der Waals surface area contributed by atoms with Crippen LogP contribution in [-0.4, -0.2) is 6.85 Å². The quantitative estimate of drug-likeness (QED) is 0.166. The molecule has 1 unspecified atom stereocenters. The highest BCUT2D eigenvalue weighted by Crippen LogP contribution is 2.54. The molecule has 51 heavy (non-hydrogen) atoms. The van der Waals surface area contributed by atoms with Crippen molar-refractivity contribution in [1.29, 1.82) is 0 Å². The number of hydrogen-bond acceptors (Lipinski definition) is 2. The number of nitrogens with zero attached hydrogens (tertiary/aromatic N) is 1. The highest BCUT2D eigenvalue weighted by Gasteiger charge is 2.48. The Hall–Kier alpha value is -5.90. The van der Waals surface area contributed by atoms with Crippen molar-refractivity contribution in [3.05, 3.63) is 180 Å². The van der Waals surface area contributed by atoms with Gasteiger partial charge in [0.05, 0.1) is 0 Å². The predicted octanol–water partition coefficient (Wildman–Crippen LogP) is 11.5. The molecule has 0 fully saturated rings. The molecule has 0 saturated heterocycles. The van der Waals surface area contributed by atoms with E-state index in [1.54, 1.807) is 0 Å². The van der Waals surface area contributed by atoms with Crippen LogP contribution in [0.5, 0.6) is 0 Å². The summed E-state index contributed by atoms with van der Waals surface area (Å²) in [6, 6.07) is 61.6. The summed E-state index contributed by atoms with van der Waals surface area (Å²) in [5, 5.41) is 6.65. The Morgan fingerprint density at radius 1 is 0.569 bits per heavy atom. The number of hydrogen-bond donors (Lipinski definition) is 0. The van der Waals surface area contributed by atoms with Crippen molar-refractivity contribution in [2.24, 2.45) is 0 Å². The topological polar surface area (TPSA) is 3.24 Å². The van der Waals surface area contributed by atoms with Gasteiger partial charge in [0.25, 0.3) is 0 Å². The summed E-state index contributed by atoms with van der Waals surface area (Å²) in [7, 11) is 0. The summed E-state index contributed by atoms with van der Waals surface area (Å²) in [5.74, 6) is 0.292. The maximum atomic E-state index is 2.69. The molecule has 1 aliphatic carbocycles. The van der Waals surface area contributed by atoms with E-state index in [1.807, 2.05) is 11.3 Å². The predicted molar refractivity (Wildman–Crippen MR) is 219 cm³/mol. The Balaban J connectivity index is 1.21. The zero-order valence-electron chi connectivity index (χ0n) is 27.8. The molecule has 9 aromatic rings. The molecule has 12 rings (SSSR count). The lowest BCUT2D eigenvalue weighted by atomic mass is 9.39. The van der Waals surface area contributed by atoms with Gasteiger partial charge in [-0.15, -0.1) is 11.3 Å². The first-order chi connectivity index (χ1) is 25.3. The third-order valence-electron chi connectivity index (χ3n) is 11.8. The van der Waals surface area contributed by atoms with E-state index >= 15 is 0 Å². The lowest BCUT2D eigenvalue weighted by Gasteiger charge is -2.46. The Kier molecular flexibility index (Phi) is 5.64. The van der Waals surface area contributed by atoms with Crippen molar-refractivity contribution in [3.63, 3.8) is 0 Å². The molecule has 3 heteroatoms. The van der Waals surface area contributed by atoms with Crippen LogP contribution in [0.4, 0.5) is 11.4 Å². The van der Waals surface area contributed by atoms with E-state index in [0.717, 1.165) is 6.42 Å². The second-order valence-corrected chi connectivity index (χ2v) is 15.4. The van der Waals surface area contributed by atoms with Gasteiger partial charge in [-0.1, -0.05) is 146 Å². The number of anilines is 2. The van der Waals surface area contributed by atoms with Crippen LogP contribution in [0.3, 0.4) is 0 Å². The Bertz CT molecular complexity index is 2900. The van der Waals surface area contributed by atoms with Crippen molar-refractivity contribution >= 4 is 72.1 Å². The van der Waals surface area contributed by atoms with Crippen molar-refractivity contribution in [3.8, 4) is 32.7 Å². The van der Waals surface area contributed by atoms with Crippen LogP contribution in [0, 0.1) is 0 Å². The van der Waals surface area contributed by atoms with E-state index in [0.29, 0.717) is 5.92 Å². The highest BCUT2D eigenvalue weighted by molar-refractivity contribution is 7.22. The summed E-state index contributed by atoms with van der Waals surface area (Å²) in [6.07, 6.45) is 1.03. The van der Waals surface area contributed by atoms with Crippen LogP contribution in [0.25, 0.3) is 64.3 Å². The van der Waals surface area contributed by atoms with E-state index in [-0.39, 0.29) is 6.85 Å². The van der Waals surface area contributed by atoms with Gasteiger partial charge < -0.3 is 4.81 Å². The molecule has 3 aliphatic rings. The monoisotopic (exact) mass is 663 g/mol. The van der Waals surface area contributed by atoms with Gasteiger partial charge in [0, 0.05) is 37.8 Å². The summed E-state index contributed by atoms with van der Waals surface area (Å²) < 4.78 is 1.39. The number of thiophene rings is 1. The number of rotatable bonds is 2. The summed E-state index contributed by atoms with van der Waals surface area (Å²) in [6.45, 7) is 0.0302. The van der Waals surface area contributed by atoms with Crippen LogP contribution >= 0.6 is 11.3 Å². The molecule has 3 heterocycles. The van der Waals surface area contributed by atoms with Crippen molar-refractivity contribution in [2.45, 2.75) is 12.3 Å². The van der Waals surface area contributed by atoms with Crippen molar-refractivity contribution in [1.82, 2.24) is 0 Å². The maximum absolute atomic E-state index is 2.69. The van der Waals surface area contributed by atoms with Crippen LogP contribution < -0.4 is 15.7 Å². The van der Waals surface area contributed by atoms with Gasteiger partial charge >= 0.3 is 6.85 Å². The summed E-state index contributed by atoms with van der Waals surface area (Å²) in [5.41, 5.74) is 16.6. The first kappa shape index (κ1) is 27.9. The fourth-order valence-corrected chi connectivity index (χ4v) is 11.0. The van der Waals surface area contributed by atoms with Crippen LogP contribution in [0.15, 0.2) is 164 Å². The second kappa shape index (κ2) is 10.3. The smallest absolute Gasteiger partial charge is 0.329 e. The number of fused-ring (bicyclic) bond motifs is 12. The Morgan fingerprint density at radius 2 is 1.29 bits per heavy atom. The van der Waals surface area contributed by atoms with Crippen LogP contribution in [0.1, 0.15) is 22.6 Å². The van der Waals surface area contributed by atoms with E-state index in [1.165, 1.54) is 103 Å². The van der Waals surface area contributed by atoms with E-state index in [9.17, 15) is 0 Å². The fourth-order valence-electron chi connectivity index (χ4n) is 9.75. The van der Waals surface area contributed by atoms with Gasteiger partial charge in [0.1, 0.15) is 0 Å². The minimum absolute atomic E-state index is 0.0302. The lowest BCUT2D eigenvalue weighted by Crippen LogP contribution is -2.62. The Morgan fingerprint density at radius 3 is 2.16 bits per heavy atom. The normalized spacial score (nSPS) is 15.1. The number of benzene rings is 8. The molecule has 1 nitrogen and oxygen atoms in total. The van der Waals surface area contributed by atoms with E-state index < -0.39 is 0 Å². The van der Waals surface area contributed by atoms with Crippen molar-refractivity contribution in [2.75, 3.05) is 4.81 Å². The second-order valence-electron chi connectivity index (χ2n) is 14.3. The third kappa shape index (κ3) is 3.77. The molecular formula is C48H30BNS. The van der Waals surface area contributed by atoms with Gasteiger partial charge in [-0.3, -0.25) is 0 Å². The molecule has 0 saturated carbocycles. The molecule has 0 amide bonds. The average Bonchev–Trinajstić information content (AvgIpc) is 3.58. The standard InChI is InChI=1S/C48H30BNS/c1-2-11-29(12-3-1)30-21-24-33(25-22-30)50-47-35-16-7-4-13-31(35)23-26-37(47)45-34-15-6-5-14-32(34)27-40-39-28-41-36-17-8-9-20-43(36)51-48(41)38-18-10-19-42(44(38)39)49(50)46(40)45/h1-27,39H,28H2. The SMILES string of the molecule is c1ccc(-c2ccc(N3B4c5cccc6c5C(Cc5c-6sc6ccccc56)c5cc6ccccc6c(c54)-c4ccc5ccccc5c43)cc2)cc1. The van der Waals surface area contributed by atoms with E-state index in [4.69, 9.17) is 0 Å². The maximum Gasteiger partial charge on any atom is 0.329 e. The highest BCUT2D eigenvalue weighted by atomic mass is 32.1. The van der Waals surface area contributed by atoms with Crippen LogP contribution in [-0.2, 0) is 6.42 Å². The van der Waals surface area contributed by atoms with Gasteiger partial charge in [0.15, 0.2) is 0 Å². The van der Waals surface area contributed by atoms with Gasteiger partial charge in [-0.2, -0.15) is 0 Å². The minimum atomic E-state index is 0.0302. The van der Waals surface area contributed by atoms with Crippen LogP contribution in [0.2, 0.25) is 0 Å². The fraction of sp³-hybridized carbons (Fsp3) is 0.0417.